The molecule has 0 amide bonds. The molecule has 1 aromatic heterocycles. The van der Waals surface area contributed by atoms with Gasteiger partial charge in [-0.15, -0.1) is 0 Å². The second-order valence-corrected chi connectivity index (χ2v) is 9.32. The van der Waals surface area contributed by atoms with Gasteiger partial charge >= 0.3 is 0 Å². The van der Waals surface area contributed by atoms with E-state index < -0.39 is 9.84 Å². The molecular weight excluding hydrogens is 435 g/mol. The Bertz CT molecular complexity index is 1110. The highest BCUT2D eigenvalue weighted by Gasteiger charge is 2.29. The van der Waals surface area contributed by atoms with Crippen LogP contribution in [0, 0.1) is 0 Å². The molecule has 0 spiro atoms. The van der Waals surface area contributed by atoms with Gasteiger partial charge in [0.25, 0.3) is 0 Å². The lowest BCUT2D eigenvalue weighted by atomic mass is 10.2. The summed E-state index contributed by atoms with van der Waals surface area (Å²) >= 11 is 12.1. The molecule has 4 rings (SSSR count). The number of hydrogen-bond donors (Lipinski definition) is 1. The first-order chi connectivity index (χ1) is 13.9. The van der Waals surface area contributed by atoms with Crippen LogP contribution in [-0.4, -0.2) is 32.7 Å². The first kappa shape index (κ1) is 20.2. The predicted molar refractivity (Wildman–Crippen MR) is 111 cm³/mol. The Morgan fingerprint density at radius 1 is 1.10 bits per heavy atom. The maximum atomic E-state index is 13.2. The maximum Gasteiger partial charge on any atom is 0.233 e. The lowest BCUT2D eigenvalue weighted by Crippen LogP contribution is -2.19. The van der Waals surface area contributed by atoms with Crippen molar-refractivity contribution in [2.45, 2.75) is 28.9 Å². The molecule has 29 heavy (non-hydrogen) atoms. The lowest BCUT2D eigenvalue weighted by molar-refractivity contribution is 0.120. The standard InChI is InChI=1S/C20H18Cl2N2O4S/c21-13-7-9-15(10-8-13)29(25,26)20-19(23-12-14-4-3-11-27-14)28-18(24-20)16-5-1-2-6-17(16)22/h1-2,5-10,14,23H,3-4,11-12H2. The number of aromatic nitrogens is 1. The average Bonchev–Trinajstić information content (AvgIpc) is 3.37. The van der Waals surface area contributed by atoms with Gasteiger partial charge in [0.2, 0.25) is 26.6 Å². The zero-order valence-electron chi connectivity index (χ0n) is 15.3. The topological polar surface area (TPSA) is 81.4 Å². The third-order valence-corrected chi connectivity index (χ3v) is 6.85. The van der Waals surface area contributed by atoms with Gasteiger partial charge in [-0.25, -0.2) is 8.42 Å². The molecule has 9 heteroatoms. The Hall–Kier alpha value is -2.06. The minimum atomic E-state index is -3.94. The number of nitrogens with zero attached hydrogens (tertiary/aromatic N) is 1. The zero-order valence-corrected chi connectivity index (χ0v) is 17.6. The van der Waals surface area contributed by atoms with E-state index in [2.05, 4.69) is 10.3 Å². The Balaban J connectivity index is 1.75. The van der Waals surface area contributed by atoms with Gasteiger partial charge < -0.3 is 14.5 Å². The molecule has 3 aromatic rings. The number of sulfone groups is 1. The van der Waals surface area contributed by atoms with Crippen LogP contribution in [0.4, 0.5) is 5.88 Å². The van der Waals surface area contributed by atoms with E-state index >= 15 is 0 Å². The van der Waals surface area contributed by atoms with Crippen molar-refractivity contribution in [1.82, 2.24) is 4.98 Å². The third kappa shape index (κ3) is 4.28. The fraction of sp³-hybridized carbons (Fsp3) is 0.250. The van der Waals surface area contributed by atoms with E-state index in [1.807, 2.05) is 0 Å². The second-order valence-electron chi connectivity index (χ2n) is 6.61. The number of oxazole rings is 1. The Morgan fingerprint density at radius 3 is 2.55 bits per heavy atom. The van der Waals surface area contributed by atoms with Crippen LogP contribution >= 0.6 is 23.2 Å². The number of anilines is 1. The monoisotopic (exact) mass is 452 g/mol. The second kappa shape index (κ2) is 8.36. The first-order valence-electron chi connectivity index (χ1n) is 9.07. The van der Waals surface area contributed by atoms with E-state index in [1.54, 1.807) is 24.3 Å². The van der Waals surface area contributed by atoms with Crippen molar-refractivity contribution in [1.29, 1.82) is 0 Å². The number of hydrogen-bond acceptors (Lipinski definition) is 6. The van der Waals surface area contributed by atoms with Gasteiger partial charge in [-0.2, -0.15) is 4.98 Å². The Labute approximate surface area is 178 Å². The largest absolute Gasteiger partial charge is 0.419 e. The number of nitrogens with one attached hydrogen (secondary N) is 1. The van der Waals surface area contributed by atoms with Crippen molar-refractivity contribution in [3.8, 4) is 11.5 Å². The highest BCUT2D eigenvalue weighted by molar-refractivity contribution is 7.91. The van der Waals surface area contributed by atoms with E-state index in [0.717, 1.165) is 12.8 Å². The number of ether oxygens (including phenoxy) is 1. The molecule has 0 aliphatic carbocycles. The van der Waals surface area contributed by atoms with Gasteiger partial charge in [-0.05, 0) is 49.2 Å². The molecule has 1 saturated heterocycles. The molecule has 1 unspecified atom stereocenters. The summed E-state index contributed by atoms with van der Waals surface area (Å²) in [5, 5.41) is 3.70. The molecule has 6 nitrogen and oxygen atoms in total. The van der Waals surface area contributed by atoms with Crippen LogP contribution in [0.15, 0.2) is 62.9 Å². The van der Waals surface area contributed by atoms with Gasteiger partial charge in [0.1, 0.15) is 0 Å². The normalized spacial score (nSPS) is 16.8. The summed E-state index contributed by atoms with van der Waals surface area (Å²) in [7, 11) is -3.94. The van der Waals surface area contributed by atoms with Crippen LogP contribution in [0.3, 0.4) is 0 Å². The molecular formula is C20H18Cl2N2O4S. The van der Waals surface area contributed by atoms with Gasteiger partial charge in [0, 0.05) is 18.2 Å². The van der Waals surface area contributed by atoms with Crippen LogP contribution in [0.25, 0.3) is 11.5 Å². The molecule has 2 heterocycles. The average molecular weight is 453 g/mol. The quantitative estimate of drug-likeness (QED) is 0.561. The van der Waals surface area contributed by atoms with Crippen LogP contribution in [-0.2, 0) is 14.6 Å². The molecule has 0 bridgehead atoms. The van der Waals surface area contributed by atoms with Gasteiger partial charge in [0.05, 0.1) is 21.6 Å². The van der Waals surface area contributed by atoms with E-state index in [1.165, 1.54) is 24.3 Å². The summed E-state index contributed by atoms with van der Waals surface area (Å²) in [5.74, 6) is 0.184. The highest BCUT2D eigenvalue weighted by atomic mass is 35.5. The molecule has 1 atom stereocenters. The predicted octanol–water partition coefficient (Wildman–Crippen LogP) is 5.07. The van der Waals surface area contributed by atoms with Gasteiger partial charge in [0.15, 0.2) is 0 Å². The van der Waals surface area contributed by atoms with Crippen LogP contribution in [0.5, 0.6) is 0 Å². The number of rotatable bonds is 6. The molecule has 1 fully saturated rings. The first-order valence-corrected chi connectivity index (χ1v) is 11.3. The summed E-state index contributed by atoms with van der Waals surface area (Å²) in [5.41, 5.74) is 0.506. The summed E-state index contributed by atoms with van der Waals surface area (Å²) < 4.78 is 37.8. The third-order valence-electron chi connectivity index (χ3n) is 4.59. The maximum absolute atomic E-state index is 13.2. The minimum absolute atomic E-state index is 0.00468. The summed E-state index contributed by atoms with van der Waals surface area (Å²) in [4.78, 5) is 4.35. The fourth-order valence-electron chi connectivity index (χ4n) is 3.09. The summed E-state index contributed by atoms with van der Waals surface area (Å²) in [6.45, 7) is 1.11. The van der Waals surface area contributed by atoms with E-state index in [0.29, 0.717) is 28.8 Å². The van der Waals surface area contributed by atoms with E-state index in [-0.39, 0.29) is 27.8 Å². The Morgan fingerprint density at radius 2 is 1.86 bits per heavy atom. The molecule has 1 aliphatic heterocycles. The van der Waals surface area contributed by atoms with Crippen LogP contribution in [0.2, 0.25) is 10.0 Å². The van der Waals surface area contributed by atoms with E-state index in [4.69, 9.17) is 32.4 Å². The van der Waals surface area contributed by atoms with Crippen molar-refractivity contribution in [2.24, 2.45) is 0 Å². The van der Waals surface area contributed by atoms with Crippen LogP contribution < -0.4 is 5.32 Å². The summed E-state index contributed by atoms with van der Waals surface area (Å²) in [6, 6.07) is 12.9. The Kier molecular flexibility index (Phi) is 5.83. The SMILES string of the molecule is O=S(=O)(c1ccc(Cl)cc1)c1nc(-c2ccccc2Cl)oc1NCC1CCCO1. The molecule has 2 aromatic carbocycles. The minimum Gasteiger partial charge on any atom is -0.419 e. The van der Waals surface area contributed by atoms with Crippen molar-refractivity contribution >= 4 is 38.9 Å². The van der Waals surface area contributed by atoms with Crippen molar-refractivity contribution in [2.75, 3.05) is 18.5 Å². The lowest BCUT2D eigenvalue weighted by Gasteiger charge is -2.10. The van der Waals surface area contributed by atoms with Gasteiger partial charge in [-0.1, -0.05) is 35.3 Å². The van der Waals surface area contributed by atoms with Crippen molar-refractivity contribution in [3.63, 3.8) is 0 Å². The molecule has 0 radical (unpaired) electrons. The smallest absolute Gasteiger partial charge is 0.233 e. The van der Waals surface area contributed by atoms with Crippen molar-refractivity contribution in [3.05, 3.63) is 58.6 Å². The summed E-state index contributed by atoms with van der Waals surface area (Å²) in [6.07, 6.45) is 1.87. The number of benzene rings is 2. The van der Waals surface area contributed by atoms with Gasteiger partial charge in [-0.3, -0.25) is 0 Å². The van der Waals surface area contributed by atoms with Crippen molar-refractivity contribution < 1.29 is 17.6 Å². The zero-order chi connectivity index (χ0) is 20.4. The van der Waals surface area contributed by atoms with Crippen LogP contribution in [0.1, 0.15) is 12.8 Å². The molecule has 1 aliphatic rings. The molecule has 1 N–H and O–H groups in total. The molecule has 0 saturated carbocycles. The number of halogens is 2. The van der Waals surface area contributed by atoms with E-state index in [9.17, 15) is 8.42 Å². The fourth-order valence-corrected chi connectivity index (χ4v) is 4.71. The molecule has 152 valence electrons. The highest BCUT2D eigenvalue weighted by Crippen LogP contribution is 2.35.